The van der Waals surface area contributed by atoms with Crippen molar-refractivity contribution in [1.29, 1.82) is 0 Å². The lowest BCUT2D eigenvalue weighted by Crippen LogP contribution is -2.35. The lowest BCUT2D eigenvalue weighted by molar-refractivity contribution is 0.551. The summed E-state index contributed by atoms with van der Waals surface area (Å²) in [7, 11) is 0. The van der Waals surface area contributed by atoms with Crippen LogP contribution in [0, 0.1) is 0 Å². The Morgan fingerprint density at radius 1 is 0.778 bits per heavy atom. The van der Waals surface area contributed by atoms with Crippen LogP contribution in [0.3, 0.4) is 0 Å². The van der Waals surface area contributed by atoms with Gasteiger partial charge >= 0.3 is 0 Å². The van der Waals surface area contributed by atoms with E-state index in [1.165, 1.54) is 0 Å². The van der Waals surface area contributed by atoms with Gasteiger partial charge < -0.3 is 10.6 Å². The molecule has 0 rings (SSSR count). The second kappa shape index (κ2) is 7.88. The van der Waals surface area contributed by atoms with Crippen molar-refractivity contribution in [3.63, 3.8) is 0 Å². The van der Waals surface area contributed by atoms with Gasteiger partial charge in [-0.3, -0.25) is 5.32 Å². The SMILES string of the molecule is CCNCNCNCC. The van der Waals surface area contributed by atoms with Crippen LogP contribution in [0.5, 0.6) is 0 Å². The molecule has 0 aromatic carbocycles. The molecule has 0 spiro atoms. The molecule has 0 aromatic heterocycles. The zero-order valence-electron chi connectivity index (χ0n) is 6.33. The molecule has 0 fully saturated rings. The Labute approximate surface area is 57.2 Å². The molecule has 0 aliphatic carbocycles. The highest BCUT2D eigenvalue weighted by Crippen LogP contribution is 1.52. The Kier molecular flexibility index (Phi) is 7.77. The van der Waals surface area contributed by atoms with Crippen LogP contribution < -0.4 is 16.0 Å². The van der Waals surface area contributed by atoms with Crippen molar-refractivity contribution in [2.75, 3.05) is 26.4 Å². The van der Waals surface area contributed by atoms with E-state index in [0.29, 0.717) is 0 Å². The number of nitrogens with one attached hydrogen (secondary N) is 3. The zero-order valence-corrected chi connectivity index (χ0v) is 6.33. The summed E-state index contributed by atoms with van der Waals surface area (Å²) in [5.41, 5.74) is 0. The predicted octanol–water partition coefficient (Wildman–Crippen LogP) is -0.290. The molecule has 3 heteroatoms. The van der Waals surface area contributed by atoms with E-state index in [0.717, 1.165) is 26.4 Å². The largest absolute Gasteiger partial charge is 0.305 e. The molecule has 0 bridgehead atoms. The molecule has 0 amide bonds. The van der Waals surface area contributed by atoms with Crippen LogP contribution in [0.4, 0.5) is 0 Å². The minimum Gasteiger partial charge on any atom is -0.305 e. The van der Waals surface area contributed by atoms with Crippen molar-refractivity contribution in [3.05, 3.63) is 0 Å². The van der Waals surface area contributed by atoms with E-state index in [2.05, 4.69) is 29.8 Å². The molecule has 0 aromatic rings. The Bertz CT molecular complexity index is 41.6. The van der Waals surface area contributed by atoms with Crippen molar-refractivity contribution in [3.8, 4) is 0 Å². The van der Waals surface area contributed by atoms with Crippen LogP contribution in [0.15, 0.2) is 0 Å². The maximum Gasteiger partial charge on any atom is 0.0464 e. The van der Waals surface area contributed by atoms with Gasteiger partial charge in [0, 0.05) is 13.3 Å². The Hall–Kier alpha value is -0.120. The normalized spacial score (nSPS) is 10.0. The summed E-state index contributed by atoms with van der Waals surface area (Å²) in [6.45, 7) is 8.02. The fourth-order valence-corrected chi connectivity index (χ4v) is 0.489. The van der Waals surface area contributed by atoms with Crippen molar-refractivity contribution in [2.45, 2.75) is 13.8 Å². The van der Waals surface area contributed by atoms with Crippen LogP contribution in [0.1, 0.15) is 13.8 Å². The first-order valence-corrected chi connectivity index (χ1v) is 3.54. The molecule has 0 unspecified atom stereocenters. The third-order valence-corrected chi connectivity index (χ3v) is 1.000. The van der Waals surface area contributed by atoms with Crippen molar-refractivity contribution in [2.24, 2.45) is 0 Å². The quantitative estimate of drug-likeness (QED) is 0.342. The van der Waals surface area contributed by atoms with E-state index >= 15 is 0 Å². The molecule has 0 heterocycles. The zero-order chi connectivity index (χ0) is 6.95. The standard InChI is InChI=1S/C6H17N3/c1-3-7-5-9-6-8-4-2/h7-9H,3-6H2,1-2H3. The van der Waals surface area contributed by atoms with E-state index in [1.54, 1.807) is 0 Å². The molecule has 3 N–H and O–H groups in total. The smallest absolute Gasteiger partial charge is 0.0464 e. The van der Waals surface area contributed by atoms with Crippen LogP contribution in [-0.4, -0.2) is 26.4 Å². The minimum absolute atomic E-state index is 0.892. The summed E-state index contributed by atoms with van der Waals surface area (Å²) in [6, 6.07) is 0. The molecule has 0 saturated heterocycles. The van der Waals surface area contributed by atoms with E-state index in [1.807, 2.05) is 0 Å². The summed E-state index contributed by atoms with van der Waals surface area (Å²) >= 11 is 0. The van der Waals surface area contributed by atoms with Gasteiger partial charge in [-0.2, -0.15) is 0 Å². The Morgan fingerprint density at radius 3 is 1.56 bits per heavy atom. The Morgan fingerprint density at radius 2 is 1.22 bits per heavy atom. The fourth-order valence-electron chi connectivity index (χ4n) is 0.489. The highest BCUT2D eigenvalue weighted by Gasteiger charge is 1.79. The molecule has 0 aliphatic rings. The second-order valence-electron chi connectivity index (χ2n) is 1.81. The molecule has 3 nitrogen and oxygen atoms in total. The summed E-state index contributed by atoms with van der Waals surface area (Å²) < 4.78 is 0. The number of rotatable bonds is 6. The summed E-state index contributed by atoms with van der Waals surface area (Å²) in [5.74, 6) is 0. The molecule has 0 aliphatic heterocycles. The van der Waals surface area contributed by atoms with E-state index in [4.69, 9.17) is 0 Å². The lowest BCUT2D eigenvalue weighted by Gasteiger charge is -2.03. The van der Waals surface area contributed by atoms with Crippen molar-refractivity contribution in [1.82, 2.24) is 16.0 Å². The average Bonchev–Trinajstić information content (AvgIpc) is 1.89. The van der Waals surface area contributed by atoms with Gasteiger partial charge in [0.05, 0.1) is 0 Å². The molecule has 56 valence electrons. The third kappa shape index (κ3) is 7.88. The minimum atomic E-state index is 0.892. The maximum atomic E-state index is 3.16. The van der Waals surface area contributed by atoms with Gasteiger partial charge in [0.25, 0.3) is 0 Å². The highest BCUT2D eigenvalue weighted by molar-refractivity contribution is 4.41. The first-order chi connectivity index (χ1) is 4.41. The van der Waals surface area contributed by atoms with Gasteiger partial charge in [-0.1, -0.05) is 13.8 Å². The van der Waals surface area contributed by atoms with Crippen LogP contribution in [0.25, 0.3) is 0 Å². The van der Waals surface area contributed by atoms with Gasteiger partial charge in [-0.15, -0.1) is 0 Å². The van der Waals surface area contributed by atoms with E-state index < -0.39 is 0 Å². The molecule has 0 radical (unpaired) electrons. The Balaban J connectivity index is 2.60. The van der Waals surface area contributed by atoms with Crippen LogP contribution in [0.2, 0.25) is 0 Å². The number of hydrogen-bond acceptors (Lipinski definition) is 3. The molecule has 0 atom stereocenters. The summed E-state index contributed by atoms with van der Waals surface area (Å²) in [5, 5.41) is 9.48. The topological polar surface area (TPSA) is 36.1 Å². The van der Waals surface area contributed by atoms with E-state index in [9.17, 15) is 0 Å². The second-order valence-corrected chi connectivity index (χ2v) is 1.81. The van der Waals surface area contributed by atoms with Gasteiger partial charge in [0.2, 0.25) is 0 Å². The molecule has 9 heavy (non-hydrogen) atoms. The average molecular weight is 131 g/mol. The van der Waals surface area contributed by atoms with E-state index in [-0.39, 0.29) is 0 Å². The predicted molar refractivity (Wildman–Crippen MR) is 40.2 cm³/mol. The highest BCUT2D eigenvalue weighted by atomic mass is 15.1. The maximum absolute atomic E-state index is 3.16. The summed E-state index contributed by atoms with van der Waals surface area (Å²) in [4.78, 5) is 0. The summed E-state index contributed by atoms with van der Waals surface area (Å²) in [6.07, 6.45) is 0. The molecular weight excluding hydrogens is 114 g/mol. The van der Waals surface area contributed by atoms with Crippen molar-refractivity contribution < 1.29 is 0 Å². The fraction of sp³-hybridized carbons (Fsp3) is 1.00. The van der Waals surface area contributed by atoms with Gasteiger partial charge in [-0.25, -0.2) is 0 Å². The van der Waals surface area contributed by atoms with Gasteiger partial charge in [0.15, 0.2) is 0 Å². The van der Waals surface area contributed by atoms with Crippen LogP contribution in [-0.2, 0) is 0 Å². The monoisotopic (exact) mass is 131 g/mol. The number of hydrogen-bond donors (Lipinski definition) is 3. The van der Waals surface area contributed by atoms with Crippen molar-refractivity contribution >= 4 is 0 Å². The molecule has 0 saturated carbocycles. The van der Waals surface area contributed by atoms with Crippen LogP contribution >= 0.6 is 0 Å². The lowest BCUT2D eigenvalue weighted by atomic mass is 10.7. The first kappa shape index (κ1) is 8.88. The van der Waals surface area contributed by atoms with Gasteiger partial charge in [0.1, 0.15) is 0 Å². The molecular formula is C6H17N3. The first-order valence-electron chi connectivity index (χ1n) is 3.54. The third-order valence-electron chi connectivity index (χ3n) is 1.000. The van der Waals surface area contributed by atoms with Gasteiger partial charge in [-0.05, 0) is 13.1 Å².